The van der Waals surface area contributed by atoms with E-state index in [2.05, 4.69) is 109 Å². The number of pyridine rings is 1. The topological polar surface area (TPSA) is 39.6 Å². The number of aromatic nitrogens is 2. The molecule has 36 heavy (non-hydrogen) atoms. The van der Waals surface area contributed by atoms with Crippen LogP contribution in [0.4, 0.5) is 5.69 Å². The maximum atomic E-state index is 5.87. The van der Waals surface area contributed by atoms with Crippen molar-refractivity contribution in [2.75, 3.05) is 45.2 Å². The molecule has 0 radical (unpaired) electrons. The minimum atomic E-state index is 0.0112. The van der Waals surface area contributed by atoms with E-state index in [1.165, 1.54) is 28.3 Å². The van der Waals surface area contributed by atoms with Gasteiger partial charge in [-0.15, -0.1) is 0 Å². The van der Waals surface area contributed by atoms with Crippen LogP contribution >= 0.6 is 12.2 Å². The van der Waals surface area contributed by atoms with Crippen molar-refractivity contribution in [1.82, 2.24) is 24.7 Å². The summed E-state index contributed by atoms with van der Waals surface area (Å²) in [5.41, 5.74) is 7.25. The molecule has 192 valence electrons. The second-order valence-electron chi connectivity index (χ2n) is 9.83. The smallest absolute Gasteiger partial charge is 0.170 e. The van der Waals surface area contributed by atoms with Crippen LogP contribution in [0.15, 0.2) is 54.7 Å². The highest BCUT2D eigenvalue weighted by Gasteiger charge is 2.41. The van der Waals surface area contributed by atoms with E-state index in [4.69, 9.17) is 17.2 Å². The zero-order valence-corrected chi connectivity index (χ0v) is 23.3. The first-order chi connectivity index (χ1) is 17.3. The molecule has 0 unspecified atom stereocenters. The zero-order valence-electron chi connectivity index (χ0n) is 22.5. The van der Waals surface area contributed by atoms with E-state index in [1.54, 1.807) is 0 Å². The molecule has 4 rings (SSSR count). The number of hydrogen-bond acceptors (Lipinski definition) is 4. The number of anilines is 1. The Kier molecular flexibility index (Phi) is 8.32. The Morgan fingerprint density at radius 2 is 1.75 bits per heavy atom. The van der Waals surface area contributed by atoms with Gasteiger partial charge in [0.1, 0.15) is 0 Å². The summed E-state index contributed by atoms with van der Waals surface area (Å²) in [6, 6.07) is 17.5. The molecule has 2 aromatic heterocycles. The molecular weight excluding hydrogens is 464 g/mol. The molecule has 0 bridgehead atoms. The van der Waals surface area contributed by atoms with Gasteiger partial charge in [-0.1, -0.05) is 6.07 Å². The fourth-order valence-corrected chi connectivity index (χ4v) is 5.76. The standard InChI is InChI=1S/C29H40N6S/c1-7-33(8-2)23-13-15-24(16-14-23)35-21(3)20-25(22(35)4)28-27(26-12-9-10-17-30-26)31-29(36)34(28)19-11-18-32(5)6/h9-10,12-17,20,27-28H,7-8,11,18-19H2,1-6H3,(H,31,36)/t27-,28+/m1/s1. The molecule has 1 fully saturated rings. The summed E-state index contributed by atoms with van der Waals surface area (Å²) in [7, 11) is 4.24. The van der Waals surface area contributed by atoms with E-state index >= 15 is 0 Å². The summed E-state index contributed by atoms with van der Waals surface area (Å²) in [6.45, 7) is 12.8. The second-order valence-corrected chi connectivity index (χ2v) is 10.2. The lowest BCUT2D eigenvalue weighted by atomic mass is 9.96. The summed E-state index contributed by atoms with van der Waals surface area (Å²) in [5.74, 6) is 0. The van der Waals surface area contributed by atoms with E-state index < -0.39 is 0 Å². The molecule has 1 saturated heterocycles. The Labute approximate surface area is 221 Å². The first-order valence-corrected chi connectivity index (χ1v) is 13.4. The summed E-state index contributed by atoms with van der Waals surface area (Å²) >= 11 is 5.87. The van der Waals surface area contributed by atoms with Crippen LogP contribution < -0.4 is 10.2 Å². The Balaban J connectivity index is 1.72. The van der Waals surface area contributed by atoms with Gasteiger partial charge in [0, 0.05) is 48.6 Å². The van der Waals surface area contributed by atoms with Gasteiger partial charge >= 0.3 is 0 Å². The maximum Gasteiger partial charge on any atom is 0.170 e. The molecule has 0 saturated carbocycles. The maximum absolute atomic E-state index is 5.87. The van der Waals surface area contributed by atoms with Crippen LogP contribution in [-0.2, 0) is 0 Å². The largest absolute Gasteiger partial charge is 0.372 e. The zero-order chi connectivity index (χ0) is 25.8. The van der Waals surface area contributed by atoms with Gasteiger partial charge in [0.15, 0.2) is 5.11 Å². The van der Waals surface area contributed by atoms with Crippen molar-refractivity contribution < 1.29 is 0 Å². The SMILES string of the molecule is CCN(CC)c1ccc(-n2c(C)cc([C@H]3[C@@H](c4ccccn4)NC(=S)N3CCCN(C)C)c2C)cc1. The monoisotopic (exact) mass is 504 g/mol. The van der Waals surface area contributed by atoms with Gasteiger partial charge in [-0.2, -0.15) is 0 Å². The number of aryl methyl sites for hydroxylation is 1. The first-order valence-electron chi connectivity index (χ1n) is 13.0. The number of benzene rings is 1. The number of thiocarbonyl (C=S) groups is 1. The van der Waals surface area contributed by atoms with Crippen molar-refractivity contribution in [3.05, 3.63) is 77.4 Å². The Hall–Kier alpha value is -2.90. The van der Waals surface area contributed by atoms with Crippen LogP contribution in [0.2, 0.25) is 0 Å². The lowest BCUT2D eigenvalue weighted by Gasteiger charge is -2.28. The van der Waals surface area contributed by atoms with Gasteiger partial charge in [-0.05, 0) is 115 Å². The predicted molar refractivity (Wildman–Crippen MR) is 154 cm³/mol. The molecule has 2 atom stereocenters. The summed E-state index contributed by atoms with van der Waals surface area (Å²) in [6.07, 6.45) is 2.92. The third kappa shape index (κ3) is 5.27. The average Bonchev–Trinajstić information content (AvgIpc) is 3.35. The van der Waals surface area contributed by atoms with E-state index in [-0.39, 0.29) is 12.1 Å². The fraction of sp³-hybridized carbons (Fsp3) is 0.448. The van der Waals surface area contributed by atoms with E-state index in [1.807, 2.05) is 12.3 Å². The third-order valence-corrected chi connectivity index (χ3v) is 7.58. The fourth-order valence-electron chi connectivity index (χ4n) is 5.43. The van der Waals surface area contributed by atoms with Crippen LogP contribution in [0, 0.1) is 13.8 Å². The molecule has 3 heterocycles. The normalized spacial score (nSPS) is 17.6. The van der Waals surface area contributed by atoms with E-state index in [0.29, 0.717) is 0 Å². The molecule has 1 aromatic carbocycles. The van der Waals surface area contributed by atoms with Crippen molar-refractivity contribution in [1.29, 1.82) is 0 Å². The minimum absolute atomic E-state index is 0.0112. The first kappa shape index (κ1) is 26.2. The lowest BCUT2D eigenvalue weighted by molar-refractivity contribution is 0.292. The molecule has 1 aliphatic heterocycles. The molecule has 1 N–H and O–H groups in total. The molecule has 0 spiro atoms. The van der Waals surface area contributed by atoms with Crippen LogP contribution in [0.3, 0.4) is 0 Å². The molecule has 1 aliphatic rings. The van der Waals surface area contributed by atoms with Crippen molar-refractivity contribution in [2.24, 2.45) is 0 Å². The van der Waals surface area contributed by atoms with Gasteiger partial charge < -0.3 is 24.6 Å². The molecular formula is C29H40N6S. The number of hydrogen-bond donors (Lipinski definition) is 1. The Morgan fingerprint density at radius 3 is 2.36 bits per heavy atom. The third-order valence-electron chi connectivity index (χ3n) is 7.23. The van der Waals surface area contributed by atoms with Gasteiger partial charge in [0.2, 0.25) is 0 Å². The van der Waals surface area contributed by atoms with Gasteiger partial charge in [0.25, 0.3) is 0 Å². The van der Waals surface area contributed by atoms with E-state index in [9.17, 15) is 0 Å². The Morgan fingerprint density at radius 1 is 1.03 bits per heavy atom. The number of rotatable bonds is 10. The van der Waals surface area contributed by atoms with Gasteiger partial charge in [0.05, 0.1) is 17.8 Å². The molecule has 3 aromatic rings. The van der Waals surface area contributed by atoms with Crippen molar-refractivity contribution >= 4 is 23.0 Å². The van der Waals surface area contributed by atoms with Gasteiger partial charge in [-0.25, -0.2) is 0 Å². The number of nitrogens with one attached hydrogen (secondary N) is 1. The molecule has 6 nitrogen and oxygen atoms in total. The van der Waals surface area contributed by atoms with Crippen LogP contribution in [-0.4, -0.2) is 64.7 Å². The highest BCUT2D eigenvalue weighted by molar-refractivity contribution is 7.80. The molecule has 0 amide bonds. The van der Waals surface area contributed by atoms with Gasteiger partial charge in [-0.3, -0.25) is 4.98 Å². The van der Waals surface area contributed by atoms with Crippen LogP contribution in [0.5, 0.6) is 0 Å². The average molecular weight is 505 g/mol. The molecule has 7 heteroatoms. The van der Waals surface area contributed by atoms with Crippen LogP contribution in [0.25, 0.3) is 5.69 Å². The van der Waals surface area contributed by atoms with Crippen molar-refractivity contribution in [2.45, 2.75) is 46.2 Å². The van der Waals surface area contributed by atoms with E-state index in [0.717, 1.165) is 43.4 Å². The van der Waals surface area contributed by atoms with Crippen molar-refractivity contribution in [3.8, 4) is 5.69 Å². The number of nitrogens with zero attached hydrogens (tertiary/aromatic N) is 5. The quantitative estimate of drug-likeness (QED) is 0.380. The predicted octanol–water partition coefficient (Wildman–Crippen LogP) is 5.26. The minimum Gasteiger partial charge on any atom is -0.372 e. The van der Waals surface area contributed by atoms with Crippen LogP contribution in [0.1, 0.15) is 55.0 Å². The highest BCUT2D eigenvalue weighted by Crippen LogP contribution is 2.41. The summed E-state index contributed by atoms with van der Waals surface area (Å²) in [5, 5.41) is 4.41. The summed E-state index contributed by atoms with van der Waals surface area (Å²) < 4.78 is 2.37. The summed E-state index contributed by atoms with van der Waals surface area (Å²) in [4.78, 5) is 11.7. The Bertz CT molecular complexity index is 1150. The second kappa shape index (κ2) is 11.4. The molecule has 0 aliphatic carbocycles. The lowest BCUT2D eigenvalue weighted by Crippen LogP contribution is -2.32. The highest BCUT2D eigenvalue weighted by atomic mass is 32.1. The van der Waals surface area contributed by atoms with Crippen molar-refractivity contribution in [3.63, 3.8) is 0 Å².